The first-order chi connectivity index (χ1) is 10.6. The van der Waals surface area contributed by atoms with E-state index in [0.717, 1.165) is 5.39 Å². The molecule has 22 heavy (non-hydrogen) atoms. The molecule has 0 saturated carbocycles. The van der Waals surface area contributed by atoms with Gasteiger partial charge in [0.2, 0.25) is 0 Å². The number of halogens is 2. The van der Waals surface area contributed by atoms with Crippen LogP contribution in [-0.2, 0) is 0 Å². The van der Waals surface area contributed by atoms with Crippen molar-refractivity contribution in [1.29, 1.82) is 0 Å². The standard InChI is InChI=1S/C17H11Cl2NO2/c18-14-8-6-11(9-15(14)19)20-17(22)13-7-5-10-3-1-2-4-12(10)16(13)21/h1-9,21H,(H,20,22). The summed E-state index contributed by atoms with van der Waals surface area (Å²) >= 11 is 11.8. The second-order valence-electron chi connectivity index (χ2n) is 4.77. The summed E-state index contributed by atoms with van der Waals surface area (Å²) in [6.07, 6.45) is 0. The van der Waals surface area contributed by atoms with Crippen LogP contribution >= 0.6 is 23.2 Å². The van der Waals surface area contributed by atoms with E-state index in [4.69, 9.17) is 23.2 Å². The number of hydrogen-bond acceptors (Lipinski definition) is 2. The van der Waals surface area contributed by atoms with Crippen molar-refractivity contribution >= 4 is 45.6 Å². The Morgan fingerprint density at radius 1 is 0.955 bits per heavy atom. The molecule has 0 atom stereocenters. The molecule has 3 nitrogen and oxygen atoms in total. The first-order valence-electron chi connectivity index (χ1n) is 6.53. The zero-order chi connectivity index (χ0) is 15.7. The van der Waals surface area contributed by atoms with E-state index in [2.05, 4.69) is 5.32 Å². The molecule has 0 radical (unpaired) electrons. The Bertz CT molecular complexity index is 878. The summed E-state index contributed by atoms with van der Waals surface area (Å²) in [5.74, 6) is -0.461. The fourth-order valence-electron chi connectivity index (χ4n) is 2.21. The molecule has 0 heterocycles. The SMILES string of the molecule is O=C(Nc1ccc(Cl)c(Cl)c1)c1ccc2ccccc2c1O. The lowest BCUT2D eigenvalue weighted by molar-refractivity contribution is 0.102. The van der Waals surface area contributed by atoms with E-state index in [9.17, 15) is 9.90 Å². The number of hydrogen-bond donors (Lipinski definition) is 2. The van der Waals surface area contributed by atoms with Crippen molar-refractivity contribution in [2.24, 2.45) is 0 Å². The molecule has 0 unspecified atom stereocenters. The van der Waals surface area contributed by atoms with E-state index < -0.39 is 5.91 Å². The molecule has 2 N–H and O–H groups in total. The molecule has 5 heteroatoms. The Labute approximate surface area is 137 Å². The minimum Gasteiger partial charge on any atom is -0.506 e. The van der Waals surface area contributed by atoms with Gasteiger partial charge in [-0.15, -0.1) is 0 Å². The van der Waals surface area contributed by atoms with Gasteiger partial charge in [-0.1, -0.05) is 53.5 Å². The Balaban J connectivity index is 1.95. The minimum absolute atomic E-state index is 0.0457. The third kappa shape index (κ3) is 2.73. The molecule has 3 aromatic rings. The smallest absolute Gasteiger partial charge is 0.259 e. The molecular formula is C17H11Cl2NO2. The zero-order valence-electron chi connectivity index (χ0n) is 11.3. The third-order valence-corrected chi connectivity index (χ3v) is 4.06. The zero-order valence-corrected chi connectivity index (χ0v) is 12.8. The van der Waals surface area contributed by atoms with Gasteiger partial charge in [-0.25, -0.2) is 0 Å². The number of aromatic hydroxyl groups is 1. The fraction of sp³-hybridized carbons (Fsp3) is 0. The summed E-state index contributed by atoms with van der Waals surface area (Å²) in [7, 11) is 0. The number of carbonyl (C=O) groups is 1. The van der Waals surface area contributed by atoms with Crippen LogP contribution in [0.5, 0.6) is 5.75 Å². The van der Waals surface area contributed by atoms with Crippen LogP contribution in [0, 0.1) is 0 Å². The van der Waals surface area contributed by atoms with Crippen LogP contribution in [0.25, 0.3) is 10.8 Å². The molecule has 3 rings (SSSR count). The average molecular weight is 332 g/mol. The summed E-state index contributed by atoms with van der Waals surface area (Å²) in [6, 6.07) is 15.5. The molecule has 0 bridgehead atoms. The first-order valence-corrected chi connectivity index (χ1v) is 7.29. The third-order valence-electron chi connectivity index (χ3n) is 3.32. The summed E-state index contributed by atoms with van der Waals surface area (Å²) < 4.78 is 0. The molecule has 0 spiro atoms. The monoisotopic (exact) mass is 331 g/mol. The maximum atomic E-state index is 12.3. The summed E-state index contributed by atoms with van der Waals surface area (Å²) in [5.41, 5.74) is 0.705. The molecule has 0 aromatic heterocycles. The number of rotatable bonds is 2. The van der Waals surface area contributed by atoms with Crippen LogP contribution < -0.4 is 5.32 Å². The van der Waals surface area contributed by atoms with Gasteiger partial charge in [-0.2, -0.15) is 0 Å². The largest absolute Gasteiger partial charge is 0.506 e. The first kappa shape index (κ1) is 14.7. The van der Waals surface area contributed by atoms with Crippen molar-refractivity contribution in [3.63, 3.8) is 0 Å². The highest BCUT2D eigenvalue weighted by molar-refractivity contribution is 6.42. The predicted molar refractivity (Wildman–Crippen MR) is 90.0 cm³/mol. The number of fused-ring (bicyclic) bond motifs is 1. The quantitative estimate of drug-likeness (QED) is 0.685. The highest BCUT2D eigenvalue weighted by Crippen LogP contribution is 2.30. The van der Waals surface area contributed by atoms with Gasteiger partial charge in [0.1, 0.15) is 5.75 Å². The Kier molecular flexibility index (Phi) is 3.92. The van der Waals surface area contributed by atoms with E-state index in [-0.39, 0.29) is 11.3 Å². The Hall–Kier alpha value is -2.23. The molecular weight excluding hydrogens is 321 g/mol. The average Bonchev–Trinajstić information content (AvgIpc) is 2.51. The van der Waals surface area contributed by atoms with Crippen LogP contribution in [0.4, 0.5) is 5.69 Å². The lowest BCUT2D eigenvalue weighted by Crippen LogP contribution is -2.12. The molecule has 110 valence electrons. The highest BCUT2D eigenvalue weighted by atomic mass is 35.5. The van der Waals surface area contributed by atoms with Crippen molar-refractivity contribution in [1.82, 2.24) is 0 Å². The molecule has 3 aromatic carbocycles. The van der Waals surface area contributed by atoms with Crippen LogP contribution in [0.1, 0.15) is 10.4 Å². The van der Waals surface area contributed by atoms with Gasteiger partial charge >= 0.3 is 0 Å². The van der Waals surface area contributed by atoms with Crippen LogP contribution in [0.2, 0.25) is 10.0 Å². The number of phenolic OH excluding ortho intramolecular Hbond substituents is 1. The normalized spacial score (nSPS) is 10.6. The van der Waals surface area contributed by atoms with Crippen molar-refractivity contribution in [3.8, 4) is 5.75 Å². The van der Waals surface area contributed by atoms with Crippen molar-refractivity contribution in [2.45, 2.75) is 0 Å². The van der Waals surface area contributed by atoms with Gasteiger partial charge in [-0.05, 0) is 29.7 Å². The van der Waals surface area contributed by atoms with Crippen molar-refractivity contribution < 1.29 is 9.90 Å². The van der Waals surface area contributed by atoms with Crippen molar-refractivity contribution in [2.75, 3.05) is 5.32 Å². The van der Waals surface area contributed by atoms with E-state index >= 15 is 0 Å². The molecule has 1 amide bonds. The Morgan fingerprint density at radius 3 is 2.50 bits per heavy atom. The number of phenols is 1. The molecule has 0 aliphatic rings. The number of anilines is 1. The fourth-order valence-corrected chi connectivity index (χ4v) is 2.51. The number of amides is 1. The van der Waals surface area contributed by atoms with Crippen LogP contribution in [0.3, 0.4) is 0 Å². The number of carbonyl (C=O) groups excluding carboxylic acids is 1. The maximum Gasteiger partial charge on any atom is 0.259 e. The van der Waals surface area contributed by atoms with Crippen LogP contribution in [0.15, 0.2) is 54.6 Å². The van der Waals surface area contributed by atoms with Gasteiger partial charge in [0.15, 0.2) is 0 Å². The van der Waals surface area contributed by atoms with Gasteiger partial charge in [0.05, 0.1) is 15.6 Å². The van der Waals surface area contributed by atoms with Gasteiger partial charge < -0.3 is 10.4 Å². The van der Waals surface area contributed by atoms with E-state index in [0.29, 0.717) is 21.1 Å². The summed E-state index contributed by atoms with van der Waals surface area (Å²) in [4.78, 5) is 12.3. The second kappa shape index (κ2) is 5.87. The lowest BCUT2D eigenvalue weighted by atomic mass is 10.0. The number of nitrogens with one attached hydrogen (secondary N) is 1. The van der Waals surface area contributed by atoms with E-state index in [1.54, 1.807) is 36.4 Å². The van der Waals surface area contributed by atoms with Gasteiger partial charge in [0.25, 0.3) is 5.91 Å². The van der Waals surface area contributed by atoms with Gasteiger partial charge in [0, 0.05) is 11.1 Å². The Morgan fingerprint density at radius 2 is 1.73 bits per heavy atom. The summed E-state index contributed by atoms with van der Waals surface area (Å²) in [6.45, 7) is 0. The molecule has 0 saturated heterocycles. The lowest BCUT2D eigenvalue weighted by Gasteiger charge is -2.09. The molecule has 0 aliphatic heterocycles. The molecule has 0 aliphatic carbocycles. The van der Waals surface area contributed by atoms with E-state index in [1.807, 2.05) is 18.2 Å². The topological polar surface area (TPSA) is 49.3 Å². The molecule has 0 fully saturated rings. The maximum absolute atomic E-state index is 12.3. The second-order valence-corrected chi connectivity index (χ2v) is 5.58. The number of benzene rings is 3. The van der Waals surface area contributed by atoms with E-state index in [1.165, 1.54) is 0 Å². The predicted octanol–water partition coefficient (Wildman–Crippen LogP) is 5.10. The highest BCUT2D eigenvalue weighted by Gasteiger charge is 2.14. The van der Waals surface area contributed by atoms with Crippen molar-refractivity contribution in [3.05, 3.63) is 70.2 Å². The van der Waals surface area contributed by atoms with Crippen LogP contribution in [-0.4, -0.2) is 11.0 Å². The summed E-state index contributed by atoms with van der Waals surface area (Å²) in [5, 5.41) is 15.2. The minimum atomic E-state index is -0.415. The van der Waals surface area contributed by atoms with Gasteiger partial charge in [-0.3, -0.25) is 4.79 Å².